The van der Waals surface area contributed by atoms with E-state index in [1.54, 1.807) is 14.0 Å². The first-order chi connectivity index (χ1) is 9.49. The minimum atomic E-state index is -1.39. The topological polar surface area (TPSA) is 91.4 Å². The maximum atomic E-state index is 14.5. The fourth-order valence-electron chi connectivity index (χ4n) is 2.35. The van der Waals surface area contributed by atoms with Crippen LogP contribution in [0.4, 0.5) is 10.2 Å². The standard InChI is InChI=1S/C12H19FN4O3/c1-6-4-17(12(18)16-10(6)14)11-8(13)9(15-2)7(20-11)5-19-3/h4,7-9,11,15H,5H2,1-3H3,(H2,14,16,18)/t7-,8+,9-,11-/m1/s1. The molecule has 1 aliphatic heterocycles. The number of nitrogens with two attached hydrogens (primary N) is 1. The zero-order valence-corrected chi connectivity index (χ0v) is 11.7. The van der Waals surface area contributed by atoms with Crippen molar-refractivity contribution in [2.75, 3.05) is 26.5 Å². The van der Waals surface area contributed by atoms with Gasteiger partial charge in [0.05, 0.1) is 12.6 Å². The molecule has 1 saturated heterocycles. The number of aryl methyl sites for hydroxylation is 1. The summed E-state index contributed by atoms with van der Waals surface area (Å²) in [5, 5.41) is 2.85. The molecule has 0 unspecified atom stereocenters. The zero-order chi connectivity index (χ0) is 14.9. The summed E-state index contributed by atoms with van der Waals surface area (Å²) >= 11 is 0. The molecule has 4 atom stereocenters. The number of methoxy groups -OCH3 is 1. The number of rotatable bonds is 4. The number of ether oxygens (including phenoxy) is 2. The van der Waals surface area contributed by atoms with Crippen LogP contribution >= 0.6 is 0 Å². The summed E-state index contributed by atoms with van der Waals surface area (Å²) in [4.78, 5) is 15.5. The molecule has 0 bridgehead atoms. The molecular weight excluding hydrogens is 267 g/mol. The largest absolute Gasteiger partial charge is 0.383 e. The second-order valence-electron chi connectivity index (χ2n) is 4.78. The highest BCUT2D eigenvalue weighted by Crippen LogP contribution is 2.31. The maximum Gasteiger partial charge on any atom is 0.351 e. The van der Waals surface area contributed by atoms with E-state index in [0.29, 0.717) is 5.56 Å². The van der Waals surface area contributed by atoms with E-state index in [2.05, 4.69) is 10.3 Å². The van der Waals surface area contributed by atoms with Crippen LogP contribution in [0, 0.1) is 6.92 Å². The summed E-state index contributed by atoms with van der Waals surface area (Å²) in [6.45, 7) is 1.93. The van der Waals surface area contributed by atoms with Gasteiger partial charge in [-0.1, -0.05) is 0 Å². The number of halogens is 1. The minimum Gasteiger partial charge on any atom is -0.383 e. The zero-order valence-electron chi connectivity index (χ0n) is 11.7. The average Bonchev–Trinajstić information content (AvgIpc) is 2.71. The second-order valence-corrected chi connectivity index (χ2v) is 4.78. The Balaban J connectivity index is 2.34. The molecule has 0 saturated carbocycles. The number of nitrogens with zero attached hydrogens (tertiary/aromatic N) is 2. The lowest BCUT2D eigenvalue weighted by molar-refractivity contribution is -0.0479. The molecule has 1 fully saturated rings. The molecule has 7 nitrogen and oxygen atoms in total. The normalized spacial score (nSPS) is 29.8. The van der Waals surface area contributed by atoms with Gasteiger partial charge < -0.3 is 20.5 Å². The Labute approximate surface area is 115 Å². The number of anilines is 1. The number of alkyl halides is 1. The SMILES string of the molecule is CN[C@H]1[C@H](F)[C@H](n2cc(C)c(N)nc2=O)O[C@@H]1COC. The molecule has 1 aromatic rings. The number of likely N-dealkylation sites (N-methyl/N-ethyl adjacent to an activating group) is 1. The first kappa shape index (κ1) is 14.9. The van der Waals surface area contributed by atoms with Gasteiger partial charge in [-0.2, -0.15) is 4.98 Å². The fraction of sp³-hybridized carbons (Fsp3) is 0.667. The molecule has 2 rings (SSSR count). The third kappa shape index (κ3) is 2.54. The Morgan fingerprint density at radius 2 is 2.35 bits per heavy atom. The van der Waals surface area contributed by atoms with E-state index in [1.807, 2.05) is 0 Å². The van der Waals surface area contributed by atoms with Gasteiger partial charge in [-0.15, -0.1) is 0 Å². The van der Waals surface area contributed by atoms with Crippen LogP contribution in [0.3, 0.4) is 0 Å². The highest BCUT2D eigenvalue weighted by Gasteiger charge is 2.45. The van der Waals surface area contributed by atoms with Gasteiger partial charge in [0.2, 0.25) is 0 Å². The van der Waals surface area contributed by atoms with Crippen molar-refractivity contribution in [2.45, 2.75) is 31.5 Å². The van der Waals surface area contributed by atoms with Gasteiger partial charge in [0.1, 0.15) is 11.9 Å². The van der Waals surface area contributed by atoms with Crippen LogP contribution in [0.5, 0.6) is 0 Å². The number of nitrogens with one attached hydrogen (secondary N) is 1. The quantitative estimate of drug-likeness (QED) is 0.783. The lowest BCUT2D eigenvalue weighted by atomic mass is 10.1. The monoisotopic (exact) mass is 286 g/mol. The molecule has 1 aromatic heterocycles. The molecule has 0 spiro atoms. The number of hydrogen-bond acceptors (Lipinski definition) is 6. The summed E-state index contributed by atoms with van der Waals surface area (Å²) in [6, 6.07) is -0.551. The predicted octanol–water partition coefficient (Wildman–Crippen LogP) is -0.396. The highest BCUT2D eigenvalue weighted by atomic mass is 19.1. The van der Waals surface area contributed by atoms with Crippen LogP contribution in [-0.4, -0.2) is 48.6 Å². The van der Waals surface area contributed by atoms with Gasteiger partial charge in [0.15, 0.2) is 12.4 Å². The molecule has 1 aliphatic rings. The van der Waals surface area contributed by atoms with Crippen LogP contribution in [0.25, 0.3) is 0 Å². The smallest absolute Gasteiger partial charge is 0.351 e. The van der Waals surface area contributed by atoms with E-state index >= 15 is 0 Å². The predicted molar refractivity (Wildman–Crippen MR) is 71.2 cm³/mol. The Kier molecular flexibility index (Phi) is 4.36. The maximum absolute atomic E-state index is 14.5. The van der Waals surface area contributed by atoms with Crippen molar-refractivity contribution in [1.29, 1.82) is 0 Å². The molecule has 20 heavy (non-hydrogen) atoms. The van der Waals surface area contributed by atoms with Crippen LogP contribution < -0.4 is 16.7 Å². The van der Waals surface area contributed by atoms with Gasteiger partial charge in [0.25, 0.3) is 0 Å². The first-order valence-corrected chi connectivity index (χ1v) is 6.30. The van der Waals surface area contributed by atoms with Crippen molar-refractivity contribution in [1.82, 2.24) is 14.9 Å². The van der Waals surface area contributed by atoms with Gasteiger partial charge in [0, 0.05) is 18.9 Å². The lowest BCUT2D eigenvalue weighted by Crippen LogP contribution is -2.42. The molecule has 0 amide bonds. The van der Waals surface area contributed by atoms with E-state index in [-0.39, 0.29) is 12.4 Å². The third-order valence-corrected chi connectivity index (χ3v) is 3.44. The number of nitrogen functional groups attached to an aromatic ring is 1. The van der Waals surface area contributed by atoms with Crippen molar-refractivity contribution in [3.05, 3.63) is 22.2 Å². The summed E-state index contributed by atoms with van der Waals surface area (Å²) < 4.78 is 26.2. The van der Waals surface area contributed by atoms with Crippen molar-refractivity contribution in [2.24, 2.45) is 0 Å². The highest BCUT2D eigenvalue weighted by molar-refractivity contribution is 5.35. The summed E-state index contributed by atoms with van der Waals surface area (Å²) in [7, 11) is 3.15. The van der Waals surface area contributed by atoms with Gasteiger partial charge in [-0.05, 0) is 14.0 Å². The lowest BCUT2D eigenvalue weighted by Gasteiger charge is -2.17. The van der Waals surface area contributed by atoms with Gasteiger partial charge in [-0.25, -0.2) is 9.18 Å². The molecule has 8 heteroatoms. The van der Waals surface area contributed by atoms with Crippen LogP contribution in [-0.2, 0) is 9.47 Å². The summed E-state index contributed by atoms with van der Waals surface area (Å²) in [5.74, 6) is 0.137. The van der Waals surface area contributed by atoms with Crippen molar-refractivity contribution < 1.29 is 13.9 Å². The van der Waals surface area contributed by atoms with E-state index < -0.39 is 30.2 Å². The number of hydrogen-bond donors (Lipinski definition) is 2. The first-order valence-electron chi connectivity index (χ1n) is 6.30. The van der Waals surface area contributed by atoms with Gasteiger partial charge >= 0.3 is 5.69 Å². The molecular formula is C12H19FN4O3. The Hall–Kier alpha value is -1.51. The van der Waals surface area contributed by atoms with E-state index in [4.69, 9.17) is 15.2 Å². The van der Waals surface area contributed by atoms with Crippen LogP contribution in [0.2, 0.25) is 0 Å². The Bertz CT molecular complexity index is 536. The van der Waals surface area contributed by atoms with Crippen LogP contribution in [0.15, 0.2) is 11.0 Å². The third-order valence-electron chi connectivity index (χ3n) is 3.44. The van der Waals surface area contributed by atoms with Crippen molar-refractivity contribution in [3.63, 3.8) is 0 Å². The van der Waals surface area contributed by atoms with Crippen molar-refractivity contribution >= 4 is 5.82 Å². The Morgan fingerprint density at radius 3 is 2.95 bits per heavy atom. The molecule has 0 radical (unpaired) electrons. The summed E-state index contributed by atoms with van der Waals surface area (Å²) in [6.07, 6.45) is -1.44. The number of aromatic nitrogens is 2. The van der Waals surface area contributed by atoms with E-state index in [9.17, 15) is 9.18 Å². The Morgan fingerprint density at radius 1 is 1.65 bits per heavy atom. The molecule has 2 heterocycles. The van der Waals surface area contributed by atoms with E-state index in [0.717, 1.165) is 4.57 Å². The molecule has 0 aromatic carbocycles. The van der Waals surface area contributed by atoms with E-state index in [1.165, 1.54) is 13.3 Å². The van der Waals surface area contributed by atoms with Crippen LogP contribution in [0.1, 0.15) is 11.8 Å². The van der Waals surface area contributed by atoms with Crippen molar-refractivity contribution in [3.8, 4) is 0 Å². The summed E-state index contributed by atoms with van der Waals surface area (Å²) in [5.41, 5.74) is 5.52. The fourth-order valence-corrected chi connectivity index (χ4v) is 2.35. The van der Waals surface area contributed by atoms with Gasteiger partial charge in [-0.3, -0.25) is 4.57 Å². The average molecular weight is 286 g/mol. The second kappa shape index (κ2) is 5.86. The minimum absolute atomic E-state index is 0.137. The molecule has 0 aliphatic carbocycles. The molecule has 112 valence electrons. The molecule has 3 N–H and O–H groups in total.